The lowest BCUT2D eigenvalue weighted by atomic mass is 9.95. The van der Waals surface area contributed by atoms with Gasteiger partial charge in [0.1, 0.15) is 0 Å². The monoisotopic (exact) mass is 380 g/mol. The second kappa shape index (κ2) is 6.76. The first kappa shape index (κ1) is 16.9. The smallest absolute Gasteiger partial charge is 0.404 e. The highest BCUT2D eigenvalue weighted by Gasteiger charge is 2.33. The Labute approximate surface area is 134 Å². The molecular formula is C14H16BrF3N2O2. The number of anilines is 1. The second-order valence-electron chi connectivity index (χ2n) is 5.22. The van der Waals surface area contributed by atoms with Crippen LogP contribution in [0.2, 0.25) is 0 Å². The van der Waals surface area contributed by atoms with Gasteiger partial charge in [-0.15, -0.1) is 13.2 Å². The second-order valence-corrected chi connectivity index (χ2v) is 6.14. The molecule has 8 heteroatoms. The fraction of sp³-hybridized carbons (Fsp3) is 0.500. The third-order valence-electron chi connectivity index (χ3n) is 3.52. The van der Waals surface area contributed by atoms with Crippen LogP contribution in [0.3, 0.4) is 0 Å². The lowest BCUT2D eigenvalue weighted by Gasteiger charge is -2.23. The standard InChI is InChI=1S/C14H16BrF3N2O2/c15-8-6-10(12(19)11(7-8)22-14(16,17)18)13(21)20-9-4-2-1-3-5-9/h6-7,9H,1-5,19H2,(H,20,21). The van der Waals surface area contributed by atoms with Crippen LogP contribution in [0.15, 0.2) is 16.6 Å². The van der Waals surface area contributed by atoms with Crippen molar-refractivity contribution in [2.24, 2.45) is 0 Å². The van der Waals surface area contributed by atoms with E-state index < -0.39 is 18.0 Å². The maximum Gasteiger partial charge on any atom is 0.573 e. The molecule has 0 saturated heterocycles. The first-order valence-electron chi connectivity index (χ1n) is 6.92. The molecule has 0 atom stereocenters. The SMILES string of the molecule is Nc1c(OC(F)(F)F)cc(Br)cc1C(=O)NC1CCCCC1. The Hall–Kier alpha value is -1.44. The molecule has 1 amide bonds. The van der Waals surface area contributed by atoms with Crippen LogP contribution in [0.4, 0.5) is 18.9 Å². The zero-order valence-corrected chi connectivity index (χ0v) is 13.3. The Bertz CT molecular complexity index is 558. The summed E-state index contributed by atoms with van der Waals surface area (Å²) in [7, 11) is 0. The molecule has 2 rings (SSSR count). The van der Waals surface area contributed by atoms with Gasteiger partial charge in [-0.25, -0.2) is 0 Å². The number of alkyl halides is 3. The predicted octanol–water partition coefficient (Wildman–Crippen LogP) is 3.99. The summed E-state index contributed by atoms with van der Waals surface area (Å²) in [6.07, 6.45) is 0.0564. The summed E-state index contributed by atoms with van der Waals surface area (Å²) < 4.78 is 41.2. The molecule has 1 saturated carbocycles. The number of carbonyl (C=O) groups is 1. The quantitative estimate of drug-likeness (QED) is 0.779. The highest BCUT2D eigenvalue weighted by molar-refractivity contribution is 9.10. The van der Waals surface area contributed by atoms with Gasteiger partial charge >= 0.3 is 6.36 Å². The van der Waals surface area contributed by atoms with Gasteiger partial charge in [0.2, 0.25) is 0 Å². The van der Waals surface area contributed by atoms with Gasteiger partial charge in [0.15, 0.2) is 5.75 Å². The predicted molar refractivity (Wildman–Crippen MR) is 79.6 cm³/mol. The van der Waals surface area contributed by atoms with Crippen LogP contribution < -0.4 is 15.8 Å². The number of nitrogens with two attached hydrogens (primary N) is 1. The van der Waals surface area contributed by atoms with E-state index in [9.17, 15) is 18.0 Å². The Morgan fingerprint density at radius 3 is 2.50 bits per heavy atom. The van der Waals surface area contributed by atoms with Gasteiger partial charge in [-0.3, -0.25) is 4.79 Å². The van der Waals surface area contributed by atoms with E-state index >= 15 is 0 Å². The number of rotatable bonds is 3. The van der Waals surface area contributed by atoms with Crippen molar-refractivity contribution in [3.8, 4) is 5.75 Å². The summed E-state index contributed by atoms with van der Waals surface area (Å²) in [6, 6.07) is 2.50. The van der Waals surface area contributed by atoms with Crippen LogP contribution >= 0.6 is 15.9 Å². The minimum absolute atomic E-state index is 0.0285. The van der Waals surface area contributed by atoms with E-state index in [1.807, 2.05) is 0 Å². The molecule has 1 aromatic rings. The first-order valence-corrected chi connectivity index (χ1v) is 7.71. The molecule has 0 aromatic heterocycles. The summed E-state index contributed by atoms with van der Waals surface area (Å²) >= 11 is 3.07. The number of halogens is 4. The Morgan fingerprint density at radius 2 is 1.91 bits per heavy atom. The number of nitrogen functional groups attached to an aromatic ring is 1. The number of hydrogen-bond acceptors (Lipinski definition) is 3. The van der Waals surface area contributed by atoms with E-state index in [-0.39, 0.29) is 21.8 Å². The molecule has 1 aliphatic rings. The average molecular weight is 381 g/mol. The first-order chi connectivity index (χ1) is 10.3. The molecule has 0 unspecified atom stereocenters. The highest BCUT2D eigenvalue weighted by atomic mass is 79.9. The van der Waals surface area contributed by atoms with E-state index in [1.54, 1.807) is 0 Å². The van der Waals surface area contributed by atoms with Crippen molar-refractivity contribution in [3.63, 3.8) is 0 Å². The van der Waals surface area contributed by atoms with E-state index in [2.05, 4.69) is 26.0 Å². The Morgan fingerprint density at radius 1 is 1.27 bits per heavy atom. The number of amides is 1. The molecule has 1 aliphatic carbocycles. The van der Waals surface area contributed by atoms with Crippen LogP contribution in [-0.2, 0) is 0 Å². The van der Waals surface area contributed by atoms with Gasteiger partial charge < -0.3 is 15.8 Å². The number of nitrogens with one attached hydrogen (secondary N) is 1. The van der Waals surface area contributed by atoms with Crippen LogP contribution in [0, 0.1) is 0 Å². The Kier molecular flexibility index (Phi) is 5.20. The summed E-state index contributed by atoms with van der Waals surface area (Å²) in [5.74, 6) is -1.08. The minimum atomic E-state index is -4.87. The van der Waals surface area contributed by atoms with Gasteiger partial charge in [0.05, 0.1) is 11.3 Å². The summed E-state index contributed by atoms with van der Waals surface area (Å²) in [5.41, 5.74) is 5.31. The van der Waals surface area contributed by atoms with E-state index in [0.29, 0.717) is 0 Å². The number of benzene rings is 1. The fourth-order valence-electron chi connectivity index (χ4n) is 2.50. The molecule has 0 spiro atoms. The molecule has 1 aromatic carbocycles. The van der Waals surface area contributed by atoms with Crippen LogP contribution in [0.1, 0.15) is 42.5 Å². The van der Waals surface area contributed by atoms with Crippen LogP contribution in [-0.4, -0.2) is 18.3 Å². The molecule has 3 N–H and O–H groups in total. The van der Waals surface area contributed by atoms with Gasteiger partial charge in [-0.05, 0) is 25.0 Å². The van der Waals surface area contributed by atoms with Crippen molar-refractivity contribution < 1.29 is 22.7 Å². The Balaban J connectivity index is 2.20. The van der Waals surface area contributed by atoms with E-state index in [1.165, 1.54) is 6.07 Å². The lowest BCUT2D eigenvalue weighted by Crippen LogP contribution is -2.36. The molecule has 0 aliphatic heterocycles. The molecule has 0 heterocycles. The molecule has 0 bridgehead atoms. The number of hydrogen-bond donors (Lipinski definition) is 2. The minimum Gasteiger partial charge on any atom is -0.404 e. The normalized spacial score (nSPS) is 16.4. The highest BCUT2D eigenvalue weighted by Crippen LogP contribution is 2.34. The van der Waals surface area contributed by atoms with E-state index in [4.69, 9.17) is 5.73 Å². The molecule has 0 radical (unpaired) electrons. The molecule has 22 heavy (non-hydrogen) atoms. The average Bonchev–Trinajstić information content (AvgIpc) is 2.42. The van der Waals surface area contributed by atoms with Gasteiger partial charge in [-0.2, -0.15) is 0 Å². The number of carbonyl (C=O) groups excluding carboxylic acids is 1. The fourth-order valence-corrected chi connectivity index (χ4v) is 2.94. The topological polar surface area (TPSA) is 64.3 Å². The van der Waals surface area contributed by atoms with Gasteiger partial charge in [0.25, 0.3) is 5.91 Å². The zero-order chi connectivity index (χ0) is 16.3. The third kappa shape index (κ3) is 4.53. The lowest BCUT2D eigenvalue weighted by molar-refractivity contribution is -0.274. The molecule has 122 valence electrons. The van der Waals surface area contributed by atoms with Crippen molar-refractivity contribution in [2.75, 3.05) is 5.73 Å². The van der Waals surface area contributed by atoms with Crippen molar-refractivity contribution in [2.45, 2.75) is 44.5 Å². The van der Waals surface area contributed by atoms with Crippen molar-refractivity contribution in [1.29, 1.82) is 0 Å². The zero-order valence-electron chi connectivity index (χ0n) is 11.7. The molecular weight excluding hydrogens is 365 g/mol. The van der Waals surface area contributed by atoms with E-state index in [0.717, 1.165) is 38.2 Å². The van der Waals surface area contributed by atoms with Crippen LogP contribution in [0.25, 0.3) is 0 Å². The summed E-state index contributed by atoms with van der Waals surface area (Å²) in [6.45, 7) is 0. The number of ether oxygens (including phenoxy) is 1. The summed E-state index contributed by atoms with van der Waals surface area (Å²) in [4.78, 5) is 12.3. The molecule has 4 nitrogen and oxygen atoms in total. The van der Waals surface area contributed by atoms with Crippen LogP contribution in [0.5, 0.6) is 5.75 Å². The van der Waals surface area contributed by atoms with Crippen molar-refractivity contribution in [3.05, 3.63) is 22.2 Å². The third-order valence-corrected chi connectivity index (χ3v) is 3.98. The molecule has 1 fully saturated rings. The van der Waals surface area contributed by atoms with Gasteiger partial charge in [-0.1, -0.05) is 35.2 Å². The summed E-state index contributed by atoms with van der Waals surface area (Å²) in [5, 5.41) is 2.82. The maximum absolute atomic E-state index is 12.4. The van der Waals surface area contributed by atoms with Crippen molar-refractivity contribution >= 4 is 27.5 Å². The maximum atomic E-state index is 12.4. The van der Waals surface area contributed by atoms with Gasteiger partial charge in [0, 0.05) is 10.5 Å². The van der Waals surface area contributed by atoms with Crippen molar-refractivity contribution in [1.82, 2.24) is 5.32 Å². The largest absolute Gasteiger partial charge is 0.573 e.